The van der Waals surface area contributed by atoms with Gasteiger partial charge in [0.2, 0.25) is 0 Å². The van der Waals surface area contributed by atoms with Crippen LogP contribution in [0, 0.1) is 5.41 Å². The lowest BCUT2D eigenvalue weighted by Gasteiger charge is -2.31. The van der Waals surface area contributed by atoms with Crippen LogP contribution in [0.25, 0.3) is 0 Å². The molecule has 0 aromatic heterocycles. The monoisotopic (exact) mass is 341 g/mol. The Labute approximate surface area is 130 Å². The van der Waals surface area contributed by atoms with Gasteiger partial charge in [0.15, 0.2) is 0 Å². The van der Waals surface area contributed by atoms with Crippen LogP contribution in [-0.4, -0.2) is 23.9 Å². The molecule has 1 aromatic carbocycles. The molecule has 0 saturated heterocycles. The van der Waals surface area contributed by atoms with Gasteiger partial charge in [0, 0.05) is 11.4 Å². The van der Waals surface area contributed by atoms with Gasteiger partial charge in [-0.2, -0.15) is 0 Å². The van der Waals surface area contributed by atoms with E-state index in [1.165, 1.54) is 0 Å². The van der Waals surface area contributed by atoms with E-state index >= 15 is 0 Å². The maximum atomic E-state index is 12.5. The zero-order valence-corrected chi connectivity index (χ0v) is 14.3. The van der Waals surface area contributed by atoms with Crippen molar-refractivity contribution in [2.75, 3.05) is 11.9 Å². The van der Waals surface area contributed by atoms with Crippen molar-refractivity contribution < 1.29 is 9.53 Å². The van der Waals surface area contributed by atoms with Crippen molar-refractivity contribution in [1.82, 2.24) is 5.32 Å². The second-order valence-electron chi connectivity index (χ2n) is 5.80. The fraction of sp³-hybridized carbons (Fsp3) is 0.562. The maximum Gasteiger partial charge on any atom is 0.255 e. The highest BCUT2D eigenvalue weighted by molar-refractivity contribution is 9.09. The number of alkyl halides is 1. The van der Waals surface area contributed by atoms with Gasteiger partial charge in [-0.15, -0.1) is 0 Å². The van der Waals surface area contributed by atoms with Crippen LogP contribution < -0.4 is 10.1 Å². The van der Waals surface area contributed by atoms with Crippen LogP contribution in [-0.2, 0) is 0 Å². The third kappa shape index (κ3) is 4.82. The number of carbonyl (C=O) groups excluding carboxylic acids is 1. The smallest absolute Gasteiger partial charge is 0.255 e. The molecule has 1 rings (SSSR count). The van der Waals surface area contributed by atoms with Crippen LogP contribution in [0.3, 0.4) is 0 Å². The molecule has 1 N–H and O–H groups in total. The average molecular weight is 342 g/mol. The quantitative estimate of drug-likeness (QED) is 0.793. The topological polar surface area (TPSA) is 38.3 Å². The summed E-state index contributed by atoms with van der Waals surface area (Å²) in [6.45, 7) is 8.87. The molecular formula is C16H24BrNO2. The third-order valence-electron chi connectivity index (χ3n) is 3.18. The number of hydrogen-bond donors (Lipinski definition) is 1. The van der Waals surface area contributed by atoms with Crippen LogP contribution >= 0.6 is 15.9 Å². The van der Waals surface area contributed by atoms with E-state index in [1.807, 2.05) is 25.1 Å². The first-order chi connectivity index (χ1) is 9.40. The van der Waals surface area contributed by atoms with Gasteiger partial charge in [0.1, 0.15) is 5.75 Å². The summed E-state index contributed by atoms with van der Waals surface area (Å²) in [5.41, 5.74) is 0.613. The number of hydrogen-bond acceptors (Lipinski definition) is 2. The van der Waals surface area contributed by atoms with E-state index in [4.69, 9.17) is 4.74 Å². The van der Waals surface area contributed by atoms with E-state index < -0.39 is 0 Å². The van der Waals surface area contributed by atoms with Crippen molar-refractivity contribution in [2.45, 2.75) is 40.2 Å². The van der Waals surface area contributed by atoms with Gasteiger partial charge < -0.3 is 10.1 Å². The molecule has 20 heavy (non-hydrogen) atoms. The molecule has 0 aliphatic heterocycles. The molecular weight excluding hydrogens is 318 g/mol. The van der Waals surface area contributed by atoms with Crippen LogP contribution in [0.15, 0.2) is 24.3 Å². The Bertz CT molecular complexity index is 440. The number of rotatable bonds is 6. The fourth-order valence-electron chi connectivity index (χ4n) is 2.00. The lowest BCUT2D eigenvalue weighted by atomic mass is 9.85. The van der Waals surface area contributed by atoms with Crippen molar-refractivity contribution in [3.8, 4) is 5.75 Å². The highest BCUT2D eigenvalue weighted by Gasteiger charge is 2.26. The Balaban J connectivity index is 2.89. The molecule has 0 aliphatic rings. The Morgan fingerprint density at radius 1 is 1.35 bits per heavy atom. The second kappa shape index (κ2) is 7.67. The molecule has 4 heteroatoms. The molecule has 112 valence electrons. The van der Waals surface area contributed by atoms with Crippen molar-refractivity contribution in [3.05, 3.63) is 29.8 Å². The lowest BCUT2D eigenvalue weighted by molar-refractivity contribution is 0.0897. The summed E-state index contributed by atoms with van der Waals surface area (Å²) >= 11 is 3.45. The van der Waals surface area contributed by atoms with Gasteiger partial charge in [-0.05, 0) is 30.9 Å². The van der Waals surface area contributed by atoms with E-state index in [-0.39, 0.29) is 17.4 Å². The highest BCUT2D eigenvalue weighted by Crippen LogP contribution is 2.24. The third-order valence-corrected chi connectivity index (χ3v) is 3.64. The summed E-state index contributed by atoms with van der Waals surface area (Å²) in [7, 11) is 0. The van der Waals surface area contributed by atoms with Crippen LogP contribution in [0.4, 0.5) is 0 Å². The molecule has 0 heterocycles. The summed E-state index contributed by atoms with van der Waals surface area (Å²) < 4.78 is 5.52. The summed E-state index contributed by atoms with van der Waals surface area (Å²) in [6.07, 6.45) is 0.895. The Morgan fingerprint density at radius 2 is 2.00 bits per heavy atom. The second-order valence-corrected chi connectivity index (χ2v) is 6.59. The molecule has 1 amide bonds. The molecule has 1 atom stereocenters. The SMILES string of the molecule is CCOc1ccccc1C(=O)NC(CCBr)C(C)(C)C. The zero-order valence-electron chi connectivity index (χ0n) is 12.7. The van der Waals surface area contributed by atoms with E-state index in [1.54, 1.807) is 6.07 Å². The van der Waals surface area contributed by atoms with E-state index in [0.717, 1.165) is 11.8 Å². The minimum Gasteiger partial charge on any atom is -0.493 e. The number of benzene rings is 1. The van der Waals surface area contributed by atoms with Crippen molar-refractivity contribution >= 4 is 21.8 Å². The molecule has 3 nitrogen and oxygen atoms in total. The first kappa shape index (κ1) is 17.0. The van der Waals surface area contributed by atoms with E-state index in [0.29, 0.717) is 17.9 Å². The molecule has 0 saturated carbocycles. The molecule has 1 unspecified atom stereocenters. The van der Waals surface area contributed by atoms with Crippen LogP contribution in [0.1, 0.15) is 44.5 Å². The molecule has 0 radical (unpaired) electrons. The summed E-state index contributed by atoms with van der Waals surface area (Å²) in [5.74, 6) is 0.564. The summed E-state index contributed by atoms with van der Waals surface area (Å²) in [5, 5.41) is 3.99. The zero-order chi connectivity index (χ0) is 15.2. The van der Waals surface area contributed by atoms with E-state index in [2.05, 4.69) is 42.0 Å². The normalized spacial score (nSPS) is 12.8. The summed E-state index contributed by atoms with van der Waals surface area (Å²) in [4.78, 5) is 12.5. The van der Waals surface area contributed by atoms with Crippen LogP contribution in [0.5, 0.6) is 5.75 Å². The van der Waals surface area contributed by atoms with Gasteiger partial charge in [-0.3, -0.25) is 4.79 Å². The van der Waals surface area contributed by atoms with Gasteiger partial charge in [-0.25, -0.2) is 0 Å². The lowest BCUT2D eigenvalue weighted by Crippen LogP contribution is -2.44. The van der Waals surface area contributed by atoms with Crippen LogP contribution in [0.2, 0.25) is 0 Å². The number of halogens is 1. The Kier molecular flexibility index (Phi) is 6.53. The fourth-order valence-corrected chi connectivity index (χ4v) is 2.46. The van der Waals surface area contributed by atoms with Crippen molar-refractivity contribution in [3.63, 3.8) is 0 Å². The molecule has 0 spiro atoms. The number of amides is 1. The van der Waals surface area contributed by atoms with Gasteiger partial charge in [0.25, 0.3) is 5.91 Å². The van der Waals surface area contributed by atoms with Gasteiger partial charge in [-0.1, -0.05) is 48.8 Å². The minimum atomic E-state index is -0.0741. The van der Waals surface area contributed by atoms with Crippen molar-refractivity contribution in [1.29, 1.82) is 0 Å². The largest absolute Gasteiger partial charge is 0.493 e. The number of para-hydroxylation sites is 1. The molecule has 0 fully saturated rings. The highest BCUT2D eigenvalue weighted by atomic mass is 79.9. The number of nitrogens with one attached hydrogen (secondary N) is 1. The van der Waals surface area contributed by atoms with Crippen molar-refractivity contribution in [2.24, 2.45) is 5.41 Å². The van der Waals surface area contributed by atoms with Gasteiger partial charge in [0.05, 0.1) is 12.2 Å². The predicted octanol–water partition coefficient (Wildman–Crippen LogP) is 4.01. The number of ether oxygens (including phenoxy) is 1. The Morgan fingerprint density at radius 3 is 2.55 bits per heavy atom. The van der Waals surface area contributed by atoms with E-state index in [9.17, 15) is 4.79 Å². The minimum absolute atomic E-state index is 0.0178. The Hall–Kier alpha value is -1.03. The first-order valence-corrected chi connectivity index (χ1v) is 8.11. The molecule has 1 aromatic rings. The average Bonchev–Trinajstić information content (AvgIpc) is 2.38. The predicted molar refractivity (Wildman–Crippen MR) is 86.7 cm³/mol. The maximum absolute atomic E-state index is 12.5. The van der Waals surface area contributed by atoms with Gasteiger partial charge >= 0.3 is 0 Å². The molecule has 0 aliphatic carbocycles. The standard InChI is InChI=1S/C16H24BrNO2/c1-5-20-13-9-7-6-8-12(13)15(19)18-14(10-11-17)16(2,3)4/h6-9,14H,5,10-11H2,1-4H3,(H,18,19). The number of carbonyl (C=O) groups is 1. The summed E-state index contributed by atoms with van der Waals surface area (Å²) in [6, 6.07) is 7.47. The first-order valence-electron chi connectivity index (χ1n) is 6.98. The molecule has 0 bridgehead atoms.